The lowest BCUT2D eigenvalue weighted by atomic mass is 9.88. The molecule has 1 heterocycles. The van der Waals surface area contributed by atoms with Crippen LogP contribution in [0.2, 0.25) is 0 Å². The van der Waals surface area contributed by atoms with Crippen molar-refractivity contribution in [3.63, 3.8) is 0 Å². The van der Waals surface area contributed by atoms with E-state index in [0.29, 0.717) is 13.0 Å². The van der Waals surface area contributed by atoms with Crippen molar-refractivity contribution >= 4 is 5.78 Å². The second kappa shape index (κ2) is 6.20. The van der Waals surface area contributed by atoms with Crippen molar-refractivity contribution < 1.29 is 14.3 Å². The molecule has 3 nitrogen and oxygen atoms in total. The Balaban J connectivity index is 1.88. The Kier molecular flexibility index (Phi) is 4.59. The lowest BCUT2D eigenvalue weighted by molar-refractivity contribution is -0.148. The molecule has 1 atom stereocenters. The molecule has 0 bridgehead atoms. The van der Waals surface area contributed by atoms with Gasteiger partial charge in [-0.05, 0) is 50.3 Å². The van der Waals surface area contributed by atoms with Crippen LogP contribution in [-0.4, -0.2) is 25.1 Å². The average molecular weight is 262 g/mol. The highest BCUT2D eigenvalue weighted by Crippen LogP contribution is 2.27. The summed E-state index contributed by atoms with van der Waals surface area (Å²) in [4.78, 5) is 12.3. The molecule has 3 heteroatoms. The first-order chi connectivity index (χ1) is 9.14. The summed E-state index contributed by atoms with van der Waals surface area (Å²) in [6, 6.07) is 7.88. The zero-order chi connectivity index (χ0) is 13.7. The van der Waals surface area contributed by atoms with E-state index in [1.807, 2.05) is 31.2 Å². The van der Waals surface area contributed by atoms with Gasteiger partial charge < -0.3 is 9.47 Å². The van der Waals surface area contributed by atoms with Gasteiger partial charge in [0.1, 0.15) is 11.4 Å². The number of rotatable bonds is 5. The van der Waals surface area contributed by atoms with Crippen molar-refractivity contribution in [3.05, 3.63) is 29.8 Å². The number of ketones is 1. The summed E-state index contributed by atoms with van der Waals surface area (Å²) in [5.74, 6) is 1.07. The molecular formula is C16H22O3. The van der Waals surface area contributed by atoms with Gasteiger partial charge in [0.15, 0.2) is 5.78 Å². The van der Waals surface area contributed by atoms with Crippen molar-refractivity contribution in [3.8, 4) is 5.75 Å². The van der Waals surface area contributed by atoms with Crippen LogP contribution in [-0.2, 0) is 16.0 Å². The molecule has 0 saturated carbocycles. The molecule has 1 aliphatic rings. The number of Topliss-reactive ketones (excluding diaryl/α,β-unsaturated/α-hetero) is 1. The van der Waals surface area contributed by atoms with E-state index in [4.69, 9.17) is 9.47 Å². The predicted molar refractivity (Wildman–Crippen MR) is 74.5 cm³/mol. The number of carbonyl (C=O) groups excluding carboxylic acids is 1. The fourth-order valence-electron chi connectivity index (χ4n) is 2.47. The molecule has 1 unspecified atom stereocenters. The predicted octanol–water partition coefficient (Wildman–Crippen LogP) is 3.16. The first kappa shape index (κ1) is 14.1. The molecule has 1 aromatic carbocycles. The van der Waals surface area contributed by atoms with Gasteiger partial charge >= 0.3 is 0 Å². The molecule has 0 radical (unpaired) electrons. The number of carbonyl (C=O) groups is 1. The molecule has 1 aromatic rings. The minimum absolute atomic E-state index is 0.225. The molecule has 2 rings (SSSR count). The quantitative estimate of drug-likeness (QED) is 0.817. The Labute approximate surface area is 114 Å². The number of methoxy groups -OCH3 is 1. The van der Waals surface area contributed by atoms with E-state index >= 15 is 0 Å². The smallest absolute Gasteiger partial charge is 0.164 e. The summed E-state index contributed by atoms with van der Waals surface area (Å²) in [6.45, 7) is 2.65. The Morgan fingerprint density at radius 1 is 1.32 bits per heavy atom. The van der Waals surface area contributed by atoms with E-state index in [2.05, 4.69) is 0 Å². The van der Waals surface area contributed by atoms with Gasteiger partial charge in [0.2, 0.25) is 0 Å². The summed E-state index contributed by atoms with van der Waals surface area (Å²) in [5, 5.41) is 0. The lowest BCUT2D eigenvalue weighted by Gasteiger charge is -2.32. The molecule has 1 saturated heterocycles. The summed E-state index contributed by atoms with van der Waals surface area (Å²) in [6.07, 6.45) is 4.32. The van der Waals surface area contributed by atoms with Gasteiger partial charge in [-0.25, -0.2) is 0 Å². The molecule has 104 valence electrons. The molecule has 1 fully saturated rings. The Hall–Kier alpha value is -1.35. The third-order valence-electron chi connectivity index (χ3n) is 3.86. The van der Waals surface area contributed by atoms with Crippen LogP contribution in [0.5, 0.6) is 5.75 Å². The van der Waals surface area contributed by atoms with E-state index in [0.717, 1.165) is 37.0 Å². The fraction of sp³-hybridized carbons (Fsp3) is 0.562. The largest absolute Gasteiger partial charge is 0.497 e. The van der Waals surface area contributed by atoms with Crippen molar-refractivity contribution in [1.29, 1.82) is 0 Å². The van der Waals surface area contributed by atoms with E-state index < -0.39 is 5.60 Å². The van der Waals surface area contributed by atoms with Crippen LogP contribution in [0.4, 0.5) is 0 Å². The van der Waals surface area contributed by atoms with E-state index in [1.54, 1.807) is 7.11 Å². The third kappa shape index (κ3) is 3.57. The maximum Gasteiger partial charge on any atom is 0.164 e. The third-order valence-corrected chi connectivity index (χ3v) is 3.86. The number of benzene rings is 1. The van der Waals surface area contributed by atoms with Gasteiger partial charge in [-0.2, -0.15) is 0 Å². The number of ether oxygens (including phenoxy) is 2. The normalized spacial score (nSPS) is 23.1. The van der Waals surface area contributed by atoms with Crippen LogP contribution in [0, 0.1) is 0 Å². The fourth-order valence-corrected chi connectivity index (χ4v) is 2.47. The highest BCUT2D eigenvalue weighted by atomic mass is 16.5. The lowest BCUT2D eigenvalue weighted by Crippen LogP contribution is -2.41. The molecular weight excluding hydrogens is 240 g/mol. The Bertz CT molecular complexity index is 416. The molecule has 0 amide bonds. The van der Waals surface area contributed by atoms with Crippen LogP contribution in [0.1, 0.15) is 38.2 Å². The minimum atomic E-state index is -0.551. The zero-order valence-electron chi connectivity index (χ0n) is 11.8. The van der Waals surface area contributed by atoms with Gasteiger partial charge in [0, 0.05) is 13.0 Å². The van der Waals surface area contributed by atoms with Crippen LogP contribution in [0.25, 0.3) is 0 Å². The van der Waals surface area contributed by atoms with E-state index in [-0.39, 0.29) is 5.78 Å². The van der Waals surface area contributed by atoms with Gasteiger partial charge in [-0.1, -0.05) is 12.1 Å². The molecule has 0 aliphatic carbocycles. The molecule has 0 aromatic heterocycles. The van der Waals surface area contributed by atoms with Crippen molar-refractivity contribution in [2.45, 2.75) is 44.6 Å². The highest BCUT2D eigenvalue weighted by molar-refractivity contribution is 5.87. The van der Waals surface area contributed by atoms with Gasteiger partial charge in [0.05, 0.1) is 7.11 Å². The topological polar surface area (TPSA) is 35.5 Å². The summed E-state index contributed by atoms with van der Waals surface area (Å²) in [5.41, 5.74) is 0.610. The second-order valence-corrected chi connectivity index (χ2v) is 5.31. The SMILES string of the molecule is COc1ccc(CCC(=O)C2(C)CCCCO2)cc1. The number of hydrogen-bond acceptors (Lipinski definition) is 3. The van der Waals surface area contributed by atoms with Crippen molar-refractivity contribution in [1.82, 2.24) is 0 Å². The molecule has 19 heavy (non-hydrogen) atoms. The molecule has 0 spiro atoms. The van der Waals surface area contributed by atoms with Gasteiger partial charge in [-0.15, -0.1) is 0 Å². The first-order valence-electron chi connectivity index (χ1n) is 6.94. The van der Waals surface area contributed by atoms with Crippen LogP contribution < -0.4 is 4.74 Å². The highest BCUT2D eigenvalue weighted by Gasteiger charge is 2.34. The van der Waals surface area contributed by atoms with Crippen molar-refractivity contribution in [2.75, 3.05) is 13.7 Å². The number of hydrogen-bond donors (Lipinski definition) is 0. The minimum Gasteiger partial charge on any atom is -0.497 e. The summed E-state index contributed by atoms with van der Waals surface area (Å²) >= 11 is 0. The summed E-state index contributed by atoms with van der Waals surface area (Å²) in [7, 11) is 1.65. The van der Waals surface area contributed by atoms with Crippen LogP contribution in [0.3, 0.4) is 0 Å². The maximum absolute atomic E-state index is 12.3. The second-order valence-electron chi connectivity index (χ2n) is 5.31. The Morgan fingerprint density at radius 2 is 2.05 bits per heavy atom. The van der Waals surface area contributed by atoms with Crippen LogP contribution >= 0.6 is 0 Å². The van der Waals surface area contributed by atoms with E-state index in [1.165, 1.54) is 0 Å². The van der Waals surface area contributed by atoms with Gasteiger partial charge in [0.25, 0.3) is 0 Å². The summed E-state index contributed by atoms with van der Waals surface area (Å²) < 4.78 is 10.8. The van der Waals surface area contributed by atoms with Gasteiger partial charge in [-0.3, -0.25) is 4.79 Å². The zero-order valence-corrected chi connectivity index (χ0v) is 11.8. The monoisotopic (exact) mass is 262 g/mol. The van der Waals surface area contributed by atoms with Crippen molar-refractivity contribution in [2.24, 2.45) is 0 Å². The first-order valence-corrected chi connectivity index (χ1v) is 6.94. The van der Waals surface area contributed by atoms with E-state index in [9.17, 15) is 4.79 Å². The maximum atomic E-state index is 12.3. The van der Waals surface area contributed by atoms with Crippen LogP contribution in [0.15, 0.2) is 24.3 Å². The molecule has 1 aliphatic heterocycles. The standard InChI is InChI=1S/C16H22O3/c1-16(11-3-4-12-19-16)15(17)10-7-13-5-8-14(18-2)9-6-13/h5-6,8-9H,3-4,7,10-12H2,1-2H3. The Morgan fingerprint density at radius 3 is 2.63 bits per heavy atom. The average Bonchev–Trinajstić information content (AvgIpc) is 2.46. The molecule has 0 N–H and O–H groups in total. The number of aryl methyl sites for hydroxylation is 1.